The van der Waals surface area contributed by atoms with Crippen molar-refractivity contribution in [1.29, 1.82) is 0 Å². The molecule has 1 fully saturated rings. The van der Waals surface area contributed by atoms with E-state index >= 15 is 0 Å². The Labute approximate surface area is 173 Å². The van der Waals surface area contributed by atoms with Gasteiger partial charge in [0.1, 0.15) is 11.6 Å². The average molecular weight is 397 g/mol. The van der Waals surface area contributed by atoms with Crippen molar-refractivity contribution < 1.29 is 4.74 Å². The van der Waals surface area contributed by atoms with Gasteiger partial charge in [0.25, 0.3) is 0 Å². The molecule has 0 amide bonds. The molecule has 29 heavy (non-hydrogen) atoms. The van der Waals surface area contributed by atoms with Gasteiger partial charge in [0, 0.05) is 32.7 Å². The van der Waals surface area contributed by atoms with Crippen LogP contribution in [0, 0.1) is 19.8 Å². The predicted molar refractivity (Wildman–Crippen MR) is 114 cm³/mol. The van der Waals surface area contributed by atoms with E-state index in [9.17, 15) is 0 Å². The van der Waals surface area contributed by atoms with Crippen molar-refractivity contribution in [2.45, 2.75) is 58.2 Å². The van der Waals surface area contributed by atoms with Gasteiger partial charge in [-0.25, -0.2) is 9.67 Å². The number of nitrogens with one attached hydrogen (secondary N) is 2. The first-order valence-electron chi connectivity index (χ1n) is 10.7. The van der Waals surface area contributed by atoms with Crippen LogP contribution < -0.4 is 10.6 Å². The first-order valence-corrected chi connectivity index (χ1v) is 10.7. The summed E-state index contributed by atoms with van der Waals surface area (Å²) in [6.45, 7) is 6.67. The molecule has 2 aromatic rings. The monoisotopic (exact) mass is 396 g/mol. The van der Waals surface area contributed by atoms with E-state index in [1.54, 1.807) is 0 Å². The average Bonchev–Trinajstić information content (AvgIpc) is 3.13. The molecule has 3 heterocycles. The second-order valence-corrected chi connectivity index (χ2v) is 8.14. The number of hydrogen-bond acceptors (Lipinski definition) is 4. The van der Waals surface area contributed by atoms with Crippen LogP contribution in [0.2, 0.25) is 0 Å². The summed E-state index contributed by atoms with van der Waals surface area (Å²) in [7, 11) is 1.82. The SMILES string of the molecule is CN=C(NCC1CCCOC1c1ccc(C)cc1)NC1CCCn2nc(C)nc21. The maximum Gasteiger partial charge on any atom is 0.191 e. The summed E-state index contributed by atoms with van der Waals surface area (Å²) in [4.78, 5) is 9.07. The van der Waals surface area contributed by atoms with Crippen molar-refractivity contribution in [2.75, 3.05) is 20.2 Å². The zero-order chi connectivity index (χ0) is 20.2. The van der Waals surface area contributed by atoms with Gasteiger partial charge in [-0.2, -0.15) is 5.10 Å². The molecule has 0 saturated carbocycles. The molecule has 1 aromatic carbocycles. The Hall–Kier alpha value is -2.41. The second-order valence-electron chi connectivity index (χ2n) is 8.14. The highest BCUT2D eigenvalue weighted by Gasteiger charge is 2.28. The number of hydrogen-bond donors (Lipinski definition) is 2. The molecule has 0 bridgehead atoms. The molecule has 0 aliphatic carbocycles. The number of rotatable bonds is 4. The molecule has 0 radical (unpaired) electrons. The largest absolute Gasteiger partial charge is 0.373 e. The molecular weight excluding hydrogens is 364 g/mol. The van der Waals surface area contributed by atoms with Gasteiger partial charge in [-0.05, 0) is 45.1 Å². The molecule has 4 rings (SSSR count). The van der Waals surface area contributed by atoms with Crippen LogP contribution in [0.3, 0.4) is 0 Å². The molecule has 0 spiro atoms. The third-order valence-electron chi connectivity index (χ3n) is 5.90. The highest BCUT2D eigenvalue weighted by Crippen LogP contribution is 2.33. The van der Waals surface area contributed by atoms with E-state index in [4.69, 9.17) is 4.74 Å². The lowest BCUT2D eigenvalue weighted by Crippen LogP contribution is -2.44. The number of aliphatic imine (C=N–C) groups is 1. The van der Waals surface area contributed by atoms with Gasteiger partial charge in [-0.3, -0.25) is 4.99 Å². The van der Waals surface area contributed by atoms with E-state index in [0.29, 0.717) is 5.92 Å². The Bertz CT molecular complexity index is 843. The fourth-order valence-electron chi connectivity index (χ4n) is 4.37. The van der Waals surface area contributed by atoms with Crippen LogP contribution in [0.1, 0.15) is 60.6 Å². The van der Waals surface area contributed by atoms with E-state index in [-0.39, 0.29) is 12.1 Å². The van der Waals surface area contributed by atoms with Crippen LogP contribution in [-0.4, -0.2) is 40.9 Å². The topological polar surface area (TPSA) is 76.4 Å². The molecule has 2 aliphatic rings. The van der Waals surface area contributed by atoms with Crippen LogP contribution in [-0.2, 0) is 11.3 Å². The van der Waals surface area contributed by atoms with Crippen molar-refractivity contribution in [3.05, 3.63) is 47.0 Å². The summed E-state index contributed by atoms with van der Waals surface area (Å²) < 4.78 is 8.18. The molecule has 2 aliphatic heterocycles. The van der Waals surface area contributed by atoms with E-state index in [2.05, 4.69) is 56.9 Å². The van der Waals surface area contributed by atoms with Crippen LogP contribution in [0.5, 0.6) is 0 Å². The van der Waals surface area contributed by atoms with Crippen molar-refractivity contribution in [3.8, 4) is 0 Å². The lowest BCUT2D eigenvalue weighted by molar-refractivity contribution is -0.0265. The number of aryl methyl sites for hydroxylation is 3. The molecule has 3 atom stereocenters. The maximum atomic E-state index is 6.16. The maximum absolute atomic E-state index is 6.16. The molecule has 1 saturated heterocycles. The van der Waals surface area contributed by atoms with Gasteiger partial charge in [0.15, 0.2) is 5.96 Å². The van der Waals surface area contributed by atoms with Gasteiger partial charge in [-0.1, -0.05) is 29.8 Å². The quantitative estimate of drug-likeness (QED) is 0.614. The first-order chi connectivity index (χ1) is 14.1. The Morgan fingerprint density at radius 3 is 2.83 bits per heavy atom. The van der Waals surface area contributed by atoms with E-state index < -0.39 is 0 Å². The fraction of sp³-hybridized carbons (Fsp3) is 0.591. The van der Waals surface area contributed by atoms with Crippen molar-refractivity contribution >= 4 is 5.96 Å². The lowest BCUT2D eigenvalue weighted by atomic mass is 9.89. The molecule has 1 aromatic heterocycles. The van der Waals surface area contributed by atoms with Crippen LogP contribution >= 0.6 is 0 Å². The lowest BCUT2D eigenvalue weighted by Gasteiger charge is -2.33. The fourth-order valence-corrected chi connectivity index (χ4v) is 4.37. The highest BCUT2D eigenvalue weighted by molar-refractivity contribution is 5.80. The Morgan fingerprint density at radius 1 is 1.21 bits per heavy atom. The Balaban J connectivity index is 1.39. The Kier molecular flexibility index (Phi) is 6.13. The van der Waals surface area contributed by atoms with Crippen LogP contribution in [0.4, 0.5) is 0 Å². The number of aromatic nitrogens is 3. The number of nitrogens with zero attached hydrogens (tertiary/aromatic N) is 4. The third kappa shape index (κ3) is 4.61. The molecule has 7 heteroatoms. The zero-order valence-corrected chi connectivity index (χ0v) is 17.7. The van der Waals surface area contributed by atoms with Crippen molar-refractivity contribution in [3.63, 3.8) is 0 Å². The minimum atomic E-state index is 0.135. The van der Waals surface area contributed by atoms with Gasteiger partial charge in [-0.15, -0.1) is 0 Å². The standard InChI is InChI=1S/C22H32N6O/c1-15-8-10-17(11-9-15)20-18(6-5-13-29-20)14-24-22(23-3)26-19-7-4-12-28-21(19)25-16(2)27-28/h8-11,18-20H,4-7,12-14H2,1-3H3,(H2,23,24,26). The van der Waals surface area contributed by atoms with Crippen LogP contribution in [0.15, 0.2) is 29.3 Å². The first kappa shape index (κ1) is 19.9. The highest BCUT2D eigenvalue weighted by atomic mass is 16.5. The second kappa shape index (κ2) is 8.95. The van der Waals surface area contributed by atoms with Gasteiger partial charge in [0.05, 0.1) is 12.1 Å². The number of fused-ring (bicyclic) bond motifs is 1. The normalized spacial score (nSPS) is 24.8. The summed E-state index contributed by atoms with van der Waals surface area (Å²) in [5, 5.41) is 11.6. The summed E-state index contributed by atoms with van der Waals surface area (Å²) in [5.74, 6) is 3.08. The third-order valence-corrected chi connectivity index (χ3v) is 5.90. The molecule has 3 unspecified atom stereocenters. The molecule has 7 nitrogen and oxygen atoms in total. The molecular formula is C22H32N6O. The predicted octanol–water partition coefficient (Wildman–Crippen LogP) is 3.06. The van der Waals surface area contributed by atoms with E-state index in [1.165, 1.54) is 11.1 Å². The minimum Gasteiger partial charge on any atom is -0.373 e. The van der Waals surface area contributed by atoms with Gasteiger partial charge >= 0.3 is 0 Å². The minimum absolute atomic E-state index is 0.135. The number of guanidine groups is 1. The summed E-state index contributed by atoms with van der Waals surface area (Å²) >= 11 is 0. The summed E-state index contributed by atoms with van der Waals surface area (Å²) in [5.41, 5.74) is 2.54. The van der Waals surface area contributed by atoms with E-state index in [1.807, 2.05) is 18.7 Å². The molecule has 2 N–H and O–H groups in total. The summed E-state index contributed by atoms with van der Waals surface area (Å²) in [6.07, 6.45) is 4.52. The van der Waals surface area contributed by atoms with Crippen molar-refractivity contribution in [1.82, 2.24) is 25.4 Å². The zero-order valence-electron chi connectivity index (χ0n) is 17.7. The smallest absolute Gasteiger partial charge is 0.191 e. The molecule has 156 valence electrons. The van der Waals surface area contributed by atoms with Crippen LogP contribution in [0.25, 0.3) is 0 Å². The Morgan fingerprint density at radius 2 is 2.03 bits per heavy atom. The van der Waals surface area contributed by atoms with Crippen molar-refractivity contribution in [2.24, 2.45) is 10.9 Å². The van der Waals surface area contributed by atoms with Gasteiger partial charge < -0.3 is 15.4 Å². The van der Waals surface area contributed by atoms with Gasteiger partial charge in [0.2, 0.25) is 0 Å². The number of benzene rings is 1. The number of ether oxygens (including phenoxy) is 1. The van der Waals surface area contributed by atoms with E-state index in [0.717, 1.165) is 63.0 Å². The summed E-state index contributed by atoms with van der Waals surface area (Å²) in [6, 6.07) is 8.87.